The third-order valence-corrected chi connectivity index (χ3v) is 4.08. The Kier molecular flexibility index (Phi) is 4.65. The zero-order valence-corrected chi connectivity index (χ0v) is 14.9. The summed E-state index contributed by atoms with van der Waals surface area (Å²) in [5, 5.41) is 15.1. The standard InChI is InChI=1S/C18H22N6O/c1-12(2)24-11-19-22-17(24)10-23(4)18(25)16-9-15(20-21-16)14-7-5-13(3)6-8-14/h5-9,11-12H,10H2,1-4H3,(H,20,21). The number of aromatic nitrogens is 5. The number of benzene rings is 1. The van der Waals surface area contributed by atoms with Gasteiger partial charge < -0.3 is 9.47 Å². The number of hydrogen-bond acceptors (Lipinski definition) is 4. The van der Waals surface area contributed by atoms with Crippen molar-refractivity contribution in [2.24, 2.45) is 0 Å². The van der Waals surface area contributed by atoms with Gasteiger partial charge in [0.1, 0.15) is 12.0 Å². The van der Waals surface area contributed by atoms with E-state index in [1.807, 2.05) is 35.8 Å². The number of carbonyl (C=O) groups excluding carboxylic acids is 1. The Morgan fingerprint density at radius 3 is 2.68 bits per heavy atom. The van der Waals surface area contributed by atoms with Crippen LogP contribution in [-0.2, 0) is 6.54 Å². The molecule has 0 saturated heterocycles. The number of aromatic amines is 1. The van der Waals surface area contributed by atoms with Crippen LogP contribution >= 0.6 is 0 Å². The highest BCUT2D eigenvalue weighted by Crippen LogP contribution is 2.19. The molecule has 0 fully saturated rings. The van der Waals surface area contributed by atoms with Gasteiger partial charge in [-0.2, -0.15) is 5.10 Å². The molecule has 1 aromatic carbocycles. The number of rotatable bonds is 5. The predicted octanol–water partition coefficient (Wildman–Crippen LogP) is 2.83. The van der Waals surface area contributed by atoms with E-state index in [2.05, 4.69) is 34.2 Å². The largest absolute Gasteiger partial charge is 0.333 e. The van der Waals surface area contributed by atoms with Crippen molar-refractivity contribution in [3.8, 4) is 11.3 Å². The molecule has 0 spiro atoms. The molecular formula is C18H22N6O. The van der Waals surface area contributed by atoms with Gasteiger partial charge in [-0.15, -0.1) is 10.2 Å². The normalized spacial score (nSPS) is 11.1. The third kappa shape index (κ3) is 3.60. The lowest BCUT2D eigenvalue weighted by atomic mass is 10.1. The molecule has 0 aliphatic rings. The molecule has 0 aliphatic heterocycles. The van der Waals surface area contributed by atoms with E-state index in [0.29, 0.717) is 12.2 Å². The van der Waals surface area contributed by atoms with Crippen molar-refractivity contribution in [2.45, 2.75) is 33.4 Å². The molecule has 0 unspecified atom stereocenters. The van der Waals surface area contributed by atoms with Crippen LogP contribution in [0.3, 0.4) is 0 Å². The first-order chi connectivity index (χ1) is 12.0. The first-order valence-corrected chi connectivity index (χ1v) is 8.22. The average molecular weight is 338 g/mol. The number of amides is 1. The summed E-state index contributed by atoms with van der Waals surface area (Å²) in [5.41, 5.74) is 3.36. The molecular weight excluding hydrogens is 316 g/mol. The van der Waals surface area contributed by atoms with Crippen LogP contribution in [0.5, 0.6) is 0 Å². The van der Waals surface area contributed by atoms with Crippen molar-refractivity contribution in [2.75, 3.05) is 7.05 Å². The molecule has 25 heavy (non-hydrogen) atoms. The van der Waals surface area contributed by atoms with Crippen molar-refractivity contribution < 1.29 is 4.79 Å². The highest BCUT2D eigenvalue weighted by molar-refractivity contribution is 5.93. The van der Waals surface area contributed by atoms with Crippen LogP contribution in [0.4, 0.5) is 0 Å². The van der Waals surface area contributed by atoms with Gasteiger partial charge in [0, 0.05) is 18.7 Å². The number of aryl methyl sites for hydroxylation is 1. The van der Waals surface area contributed by atoms with E-state index in [1.165, 1.54) is 5.56 Å². The van der Waals surface area contributed by atoms with E-state index in [4.69, 9.17) is 0 Å². The predicted molar refractivity (Wildman–Crippen MR) is 95.0 cm³/mol. The lowest BCUT2D eigenvalue weighted by Crippen LogP contribution is -2.28. The van der Waals surface area contributed by atoms with Gasteiger partial charge in [0.2, 0.25) is 0 Å². The van der Waals surface area contributed by atoms with Gasteiger partial charge in [0.15, 0.2) is 5.82 Å². The zero-order chi connectivity index (χ0) is 18.0. The highest BCUT2D eigenvalue weighted by Gasteiger charge is 2.18. The summed E-state index contributed by atoms with van der Waals surface area (Å²) in [6, 6.07) is 10.1. The second-order valence-corrected chi connectivity index (χ2v) is 6.44. The summed E-state index contributed by atoms with van der Waals surface area (Å²) in [5.74, 6) is 0.619. The number of H-pyrrole nitrogens is 1. The van der Waals surface area contributed by atoms with Crippen LogP contribution in [0.2, 0.25) is 0 Å². The molecule has 7 heteroatoms. The second-order valence-electron chi connectivity index (χ2n) is 6.44. The molecule has 0 aliphatic carbocycles. The van der Waals surface area contributed by atoms with Crippen LogP contribution in [0.15, 0.2) is 36.7 Å². The molecule has 0 bridgehead atoms. The Morgan fingerprint density at radius 1 is 1.28 bits per heavy atom. The maximum absolute atomic E-state index is 12.6. The minimum atomic E-state index is -0.135. The third-order valence-electron chi connectivity index (χ3n) is 4.08. The SMILES string of the molecule is Cc1ccc(-c2cc(C(=O)N(C)Cc3nncn3C(C)C)[nH]n2)cc1. The lowest BCUT2D eigenvalue weighted by molar-refractivity contribution is 0.0773. The Labute approximate surface area is 146 Å². The van der Waals surface area contributed by atoms with Gasteiger partial charge in [-0.1, -0.05) is 29.8 Å². The molecule has 130 valence electrons. The fourth-order valence-corrected chi connectivity index (χ4v) is 2.60. The Hall–Kier alpha value is -2.96. The number of carbonyl (C=O) groups is 1. The molecule has 1 amide bonds. The van der Waals surface area contributed by atoms with E-state index in [0.717, 1.165) is 17.1 Å². The van der Waals surface area contributed by atoms with Gasteiger partial charge in [0.25, 0.3) is 5.91 Å². The monoisotopic (exact) mass is 338 g/mol. The van der Waals surface area contributed by atoms with E-state index in [1.54, 1.807) is 24.3 Å². The Balaban J connectivity index is 1.74. The zero-order valence-electron chi connectivity index (χ0n) is 14.9. The Bertz CT molecular complexity index is 862. The molecule has 0 atom stereocenters. The van der Waals surface area contributed by atoms with Gasteiger partial charge in [0.05, 0.1) is 12.2 Å². The van der Waals surface area contributed by atoms with E-state index < -0.39 is 0 Å². The molecule has 2 heterocycles. The van der Waals surface area contributed by atoms with Crippen molar-refractivity contribution in [3.05, 3.63) is 53.7 Å². The molecule has 3 aromatic rings. The first-order valence-electron chi connectivity index (χ1n) is 8.22. The summed E-state index contributed by atoms with van der Waals surface area (Å²) in [4.78, 5) is 14.3. The topological polar surface area (TPSA) is 79.7 Å². The maximum atomic E-state index is 12.6. The summed E-state index contributed by atoms with van der Waals surface area (Å²) in [6.45, 7) is 6.53. The lowest BCUT2D eigenvalue weighted by Gasteiger charge is -2.17. The molecule has 2 aromatic heterocycles. The van der Waals surface area contributed by atoms with Crippen LogP contribution in [-0.4, -0.2) is 42.8 Å². The molecule has 0 saturated carbocycles. The minimum Gasteiger partial charge on any atom is -0.333 e. The fourth-order valence-electron chi connectivity index (χ4n) is 2.60. The Morgan fingerprint density at radius 2 is 2.00 bits per heavy atom. The minimum absolute atomic E-state index is 0.135. The fraction of sp³-hybridized carbons (Fsp3) is 0.333. The smallest absolute Gasteiger partial charge is 0.272 e. The van der Waals surface area contributed by atoms with Gasteiger partial charge in [-0.05, 0) is 26.8 Å². The van der Waals surface area contributed by atoms with E-state index >= 15 is 0 Å². The maximum Gasteiger partial charge on any atom is 0.272 e. The van der Waals surface area contributed by atoms with Crippen molar-refractivity contribution >= 4 is 5.91 Å². The van der Waals surface area contributed by atoms with E-state index in [9.17, 15) is 4.79 Å². The second kappa shape index (κ2) is 6.88. The number of nitrogens with zero attached hydrogens (tertiary/aromatic N) is 5. The molecule has 7 nitrogen and oxygen atoms in total. The number of nitrogens with one attached hydrogen (secondary N) is 1. The average Bonchev–Trinajstić information content (AvgIpc) is 3.24. The van der Waals surface area contributed by atoms with Crippen molar-refractivity contribution in [1.82, 2.24) is 29.9 Å². The van der Waals surface area contributed by atoms with Crippen molar-refractivity contribution in [3.63, 3.8) is 0 Å². The summed E-state index contributed by atoms with van der Waals surface area (Å²) in [7, 11) is 1.74. The first kappa shape index (κ1) is 16.9. The number of hydrogen-bond donors (Lipinski definition) is 1. The van der Waals surface area contributed by atoms with Gasteiger partial charge in [-0.25, -0.2) is 0 Å². The van der Waals surface area contributed by atoms with Gasteiger partial charge in [-0.3, -0.25) is 9.89 Å². The van der Waals surface area contributed by atoms with Gasteiger partial charge >= 0.3 is 0 Å². The van der Waals surface area contributed by atoms with Crippen LogP contribution in [0.25, 0.3) is 11.3 Å². The van der Waals surface area contributed by atoms with Crippen molar-refractivity contribution in [1.29, 1.82) is 0 Å². The van der Waals surface area contributed by atoms with Crippen LogP contribution in [0.1, 0.15) is 41.8 Å². The molecule has 1 N–H and O–H groups in total. The van der Waals surface area contributed by atoms with Crippen LogP contribution < -0.4 is 0 Å². The molecule has 3 rings (SSSR count). The summed E-state index contributed by atoms with van der Waals surface area (Å²) < 4.78 is 1.95. The highest BCUT2D eigenvalue weighted by atomic mass is 16.2. The summed E-state index contributed by atoms with van der Waals surface area (Å²) >= 11 is 0. The molecule has 0 radical (unpaired) electrons. The summed E-state index contributed by atoms with van der Waals surface area (Å²) in [6.07, 6.45) is 1.68. The van der Waals surface area contributed by atoms with Crippen LogP contribution in [0, 0.1) is 6.92 Å². The van der Waals surface area contributed by atoms with E-state index in [-0.39, 0.29) is 11.9 Å². The quantitative estimate of drug-likeness (QED) is 0.776.